The second-order valence-corrected chi connectivity index (χ2v) is 6.52. The van der Waals surface area contributed by atoms with Gasteiger partial charge in [0.2, 0.25) is 0 Å². The number of carboxylic acids is 1. The Hall–Kier alpha value is -3.96. The Morgan fingerprint density at radius 3 is 2.77 bits per heavy atom. The summed E-state index contributed by atoms with van der Waals surface area (Å²) in [6, 6.07) is 11.1. The van der Waals surface area contributed by atoms with Crippen molar-refractivity contribution in [3.8, 4) is 23.3 Å². The number of hydrogen-bond donors (Lipinski definition) is 2. The summed E-state index contributed by atoms with van der Waals surface area (Å²) in [4.78, 5) is 24.2. The average molecular weight is 426 g/mol. The van der Waals surface area contributed by atoms with Crippen LogP contribution in [0.25, 0.3) is 18.3 Å². The summed E-state index contributed by atoms with van der Waals surface area (Å²) < 4.78 is 11.8. The molecule has 152 valence electrons. The lowest BCUT2D eigenvalue weighted by Gasteiger charge is -2.08. The van der Waals surface area contributed by atoms with Gasteiger partial charge in [0.05, 0.1) is 34.0 Å². The number of hydrogen-bond acceptors (Lipinski definition) is 5. The quantitative estimate of drug-likeness (QED) is 0.620. The van der Waals surface area contributed by atoms with E-state index in [-0.39, 0.29) is 22.4 Å². The van der Waals surface area contributed by atoms with Crippen molar-refractivity contribution in [1.29, 1.82) is 5.26 Å². The Kier molecular flexibility index (Phi) is 5.95. The lowest BCUT2D eigenvalue weighted by Crippen LogP contribution is -2.34. The van der Waals surface area contributed by atoms with E-state index < -0.39 is 11.5 Å². The molecule has 0 saturated carbocycles. The number of aromatic amines is 1. The molecule has 3 rings (SSSR count). The molecule has 9 heteroatoms. The Bertz CT molecular complexity index is 1330. The second-order valence-electron chi connectivity index (χ2n) is 6.12. The van der Waals surface area contributed by atoms with Crippen LogP contribution < -0.4 is 25.6 Å². The van der Waals surface area contributed by atoms with E-state index in [0.29, 0.717) is 28.1 Å². The van der Waals surface area contributed by atoms with Crippen LogP contribution in [0.15, 0.2) is 41.2 Å². The highest BCUT2D eigenvalue weighted by molar-refractivity contribution is 6.33. The molecule has 0 saturated heterocycles. The zero-order chi connectivity index (χ0) is 21.8. The number of rotatable bonds is 6. The molecule has 1 heterocycles. The molecule has 2 N–H and O–H groups in total. The Morgan fingerprint density at radius 2 is 2.10 bits per heavy atom. The van der Waals surface area contributed by atoms with Gasteiger partial charge in [0, 0.05) is 0 Å². The van der Waals surface area contributed by atoms with Gasteiger partial charge in [-0.05, 0) is 42.0 Å². The molecule has 8 nitrogen and oxygen atoms in total. The molecule has 0 aliphatic rings. The Morgan fingerprint density at radius 1 is 1.33 bits per heavy atom. The monoisotopic (exact) mass is 425 g/mol. The first-order chi connectivity index (χ1) is 14.3. The predicted molar refractivity (Wildman–Crippen MR) is 111 cm³/mol. The van der Waals surface area contributed by atoms with Crippen molar-refractivity contribution >= 4 is 30.2 Å². The molecule has 0 amide bonds. The lowest BCUT2D eigenvalue weighted by atomic mass is 10.1. The zero-order valence-electron chi connectivity index (χ0n) is 15.8. The number of nitrogens with zero attached hydrogens (tertiary/aromatic N) is 2. The van der Waals surface area contributed by atoms with E-state index in [2.05, 4.69) is 11.7 Å². The van der Waals surface area contributed by atoms with E-state index >= 15 is 0 Å². The van der Waals surface area contributed by atoms with E-state index in [1.54, 1.807) is 24.3 Å². The number of carbonyl (C=O) groups is 1. The lowest BCUT2D eigenvalue weighted by molar-refractivity contribution is 0.0697. The smallest absolute Gasteiger partial charge is 0.337 e. The molecule has 3 aromatic rings. The van der Waals surface area contributed by atoms with Gasteiger partial charge in [0.1, 0.15) is 6.07 Å². The van der Waals surface area contributed by atoms with Gasteiger partial charge in [0.25, 0.3) is 5.56 Å². The van der Waals surface area contributed by atoms with Crippen LogP contribution in [0.5, 0.6) is 11.5 Å². The third kappa shape index (κ3) is 4.06. The van der Waals surface area contributed by atoms with Gasteiger partial charge >= 0.3 is 5.97 Å². The van der Waals surface area contributed by atoms with Crippen LogP contribution >= 0.6 is 11.6 Å². The van der Waals surface area contributed by atoms with Crippen molar-refractivity contribution < 1.29 is 19.4 Å². The van der Waals surface area contributed by atoms with Crippen LogP contribution in [0.3, 0.4) is 0 Å². The molecule has 0 aliphatic carbocycles. The van der Waals surface area contributed by atoms with Crippen molar-refractivity contribution in [3.63, 3.8) is 0 Å². The number of methoxy groups -OCH3 is 1. The summed E-state index contributed by atoms with van der Waals surface area (Å²) in [7, 11) is 1.47. The van der Waals surface area contributed by atoms with Gasteiger partial charge in [-0.2, -0.15) is 5.26 Å². The number of nitrogens with one attached hydrogen (secondary N) is 1. The second kappa shape index (κ2) is 8.59. The number of halogens is 1. The minimum Gasteiger partial charge on any atom is -0.493 e. The topological polar surface area (TPSA) is 117 Å². The molecule has 0 bridgehead atoms. The largest absolute Gasteiger partial charge is 0.493 e. The summed E-state index contributed by atoms with van der Waals surface area (Å²) in [5.41, 5.74) is 0.419. The highest BCUT2D eigenvalue weighted by Crippen LogP contribution is 2.28. The predicted octanol–water partition coefficient (Wildman–Crippen LogP) is 1.67. The van der Waals surface area contributed by atoms with Crippen LogP contribution in [0.1, 0.15) is 15.9 Å². The summed E-state index contributed by atoms with van der Waals surface area (Å²) >= 11 is 5.90. The molecule has 0 fully saturated rings. The van der Waals surface area contributed by atoms with Crippen molar-refractivity contribution in [1.82, 2.24) is 9.78 Å². The first kappa shape index (κ1) is 20.8. The number of aromatic nitrogens is 2. The van der Waals surface area contributed by atoms with E-state index in [9.17, 15) is 14.7 Å². The summed E-state index contributed by atoms with van der Waals surface area (Å²) in [5.74, 6) is -0.391. The SMILES string of the molecule is C=c1[nH]n(-c2ccc(Cl)c(C(=O)O)c2)c(=O)c1=Cc1ccc(OCC#N)c(OC)c1. The number of ether oxygens (including phenoxy) is 2. The third-order valence-electron chi connectivity index (χ3n) is 4.23. The molecular formula is C21H16ClN3O5. The Labute approximate surface area is 175 Å². The van der Waals surface area contributed by atoms with Crippen molar-refractivity contribution in [2.75, 3.05) is 13.7 Å². The van der Waals surface area contributed by atoms with Gasteiger partial charge < -0.3 is 14.6 Å². The molecule has 0 aliphatic heterocycles. The maximum absolute atomic E-state index is 12.9. The maximum Gasteiger partial charge on any atom is 0.337 e. The zero-order valence-corrected chi connectivity index (χ0v) is 16.6. The number of H-pyrrole nitrogens is 1. The van der Waals surface area contributed by atoms with Crippen LogP contribution in [-0.4, -0.2) is 34.6 Å². The molecular weight excluding hydrogens is 410 g/mol. The van der Waals surface area contributed by atoms with Gasteiger partial charge in [-0.25, -0.2) is 9.48 Å². The fourth-order valence-corrected chi connectivity index (χ4v) is 3.01. The van der Waals surface area contributed by atoms with Crippen LogP contribution in [0.2, 0.25) is 5.02 Å². The van der Waals surface area contributed by atoms with Crippen LogP contribution in [0.4, 0.5) is 0 Å². The third-order valence-corrected chi connectivity index (χ3v) is 4.56. The molecule has 0 atom stereocenters. The number of carboxylic acid groups (broad SMARTS) is 1. The van der Waals surface area contributed by atoms with Crippen LogP contribution in [-0.2, 0) is 0 Å². The normalized spacial score (nSPS) is 11.2. The molecule has 30 heavy (non-hydrogen) atoms. The van der Waals surface area contributed by atoms with Gasteiger partial charge in [-0.1, -0.05) is 24.2 Å². The van der Waals surface area contributed by atoms with Gasteiger partial charge in [-0.15, -0.1) is 0 Å². The first-order valence-corrected chi connectivity index (χ1v) is 8.96. The fourth-order valence-electron chi connectivity index (χ4n) is 2.81. The molecule has 1 aromatic heterocycles. The Balaban J connectivity index is 2.09. The highest BCUT2D eigenvalue weighted by Gasteiger charge is 2.13. The summed E-state index contributed by atoms with van der Waals surface area (Å²) in [6.07, 6.45) is 1.61. The van der Waals surface area contributed by atoms with E-state index in [4.69, 9.17) is 26.3 Å². The summed E-state index contributed by atoms with van der Waals surface area (Å²) in [5, 5.41) is 21.4. The number of aromatic carboxylic acids is 1. The minimum absolute atomic E-state index is 0.0679. The van der Waals surface area contributed by atoms with Gasteiger partial charge in [-0.3, -0.25) is 9.89 Å². The van der Waals surface area contributed by atoms with E-state index in [0.717, 1.165) is 0 Å². The number of benzene rings is 2. The van der Waals surface area contributed by atoms with Crippen molar-refractivity contribution in [3.05, 3.63) is 73.5 Å². The van der Waals surface area contributed by atoms with E-state index in [1.807, 2.05) is 6.07 Å². The average Bonchev–Trinajstić information content (AvgIpc) is 3.01. The highest BCUT2D eigenvalue weighted by atomic mass is 35.5. The standard InChI is InChI=1S/C21H16ClN3O5/c1-12-15(9-13-3-6-18(30-8-7-23)19(10-13)29-2)20(26)25(24-12)14-4-5-17(22)16(11-14)21(27)28/h3-6,9-11,24H,1,8H2,2H3,(H,27,28). The van der Waals surface area contributed by atoms with Crippen LogP contribution in [0, 0.1) is 11.3 Å². The van der Waals surface area contributed by atoms with Crippen molar-refractivity contribution in [2.45, 2.75) is 0 Å². The molecule has 0 radical (unpaired) electrons. The summed E-state index contributed by atoms with van der Waals surface area (Å²) in [6.45, 7) is 3.74. The number of nitriles is 1. The van der Waals surface area contributed by atoms with E-state index in [1.165, 1.54) is 30.0 Å². The van der Waals surface area contributed by atoms with Crippen molar-refractivity contribution in [2.24, 2.45) is 0 Å². The first-order valence-electron chi connectivity index (χ1n) is 8.58. The molecule has 0 spiro atoms. The fraction of sp³-hybridized carbons (Fsp3) is 0.0952. The maximum atomic E-state index is 12.9. The van der Waals surface area contributed by atoms with Gasteiger partial charge in [0.15, 0.2) is 18.1 Å². The minimum atomic E-state index is -1.20. The molecule has 0 unspecified atom stereocenters. The molecule has 2 aromatic carbocycles.